The quantitative estimate of drug-likeness (QED) is 0.864. The molecule has 6 nitrogen and oxygen atoms in total. The Bertz CT molecular complexity index is 825. The molecule has 0 radical (unpaired) electrons. The Hall–Kier alpha value is -2.89. The van der Waals surface area contributed by atoms with Gasteiger partial charge in [0.25, 0.3) is 0 Å². The minimum absolute atomic E-state index is 0.0213. The first-order valence-corrected chi connectivity index (χ1v) is 9.75. The van der Waals surface area contributed by atoms with Crippen LogP contribution in [-0.2, 0) is 5.54 Å². The van der Waals surface area contributed by atoms with Crippen LogP contribution in [0.15, 0.2) is 48.5 Å². The van der Waals surface area contributed by atoms with E-state index in [2.05, 4.69) is 16.3 Å². The molecule has 2 aliphatic rings. The lowest BCUT2D eigenvalue weighted by Gasteiger charge is -2.37. The summed E-state index contributed by atoms with van der Waals surface area (Å²) in [5.41, 5.74) is 2.01. The Morgan fingerprint density at radius 2 is 1.61 bits per heavy atom. The van der Waals surface area contributed by atoms with Crippen molar-refractivity contribution < 1.29 is 14.3 Å². The maximum absolute atomic E-state index is 12.9. The third-order valence-electron chi connectivity index (χ3n) is 5.73. The van der Waals surface area contributed by atoms with Crippen molar-refractivity contribution in [1.29, 1.82) is 0 Å². The molecule has 1 heterocycles. The zero-order valence-corrected chi connectivity index (χ0v) is 16.5. The minimum atomic E-state index is -0.219. The number of hydrogen-bond acceptors (Lipinski definition) is 4. The van der Waals surface area contributed by atoms with Crippen molar-refractivity contribution in [3.63, 3.8) is 0 Å². The predicted molar refractivity (Wildman–Crippen MR) is 109 cm³/mol. The molecule has 0 bridgehead atoms. The van der Waals surface area contributed by atoms with Gasteiger partial charge in [0, 0.05) is 26.2 Å². The Kier molecular flexibility index (Phi) is 5.03. The van der Waals surface area contributed by atoms with E-state index >= 15 is 0 Å². The molecular formula is C22H27N3O3. The zero-order valence-electron chi connectivity index (χ0n) is 16.5. The summed E-state index contributed by atoms with van der Waals surface area (Å²) in [6.45, 7) is 2.98. The monoisotopic (exact) mass is 381 g/mol. The number of benzene rings is 2. The van der Waals surface area contributed by atoms with Crippen LogP contribution in [0, 0.1) is 0 Å². The maximum atomic E-state index is 12.9. The number of piperazine rings is 1. The average Bonchev–Trinajstić information content (AvgIpc) is 3.54. The minimum Gasteiger partial charge on any atom is -0.497 e. The van der Waals surface area contributed by atoms with E-state index in [0.717, 1.165) is 48.7 Å². The maximum Gasteiger partial charge on any atom is 0.318 e. The number of methoxy groups -OCH3 is 2. The number of para-hydroxylation sites is 2. The summed E-state index contributed by atoms with van der Waals surface area (Å²) in [4.78, 5) is 17.1. The van der Waals surface area contributed by atoms with Crippen LogP contribution in [-0.4, -0.2) is 51.3 Å². The Morgan fingerprint density at radius 3 is 2.21 bits per heavy atom. The summed E-state index contributed by atoms with van der Waals surface area (Å²) in [7, 11) is 3.35. The first-order chi connectivity index (χ1) is 13.6. The fourth-order valence-electron chi connectivity index (χ4n) is 3.85. The molecular weight excluding hydrogens is 354 g/mol. The van der Waals surface area contributed by atoms with Crippen molar-refractivity contribution in [2.75, 3.05) is 45.3 Å². The number of nitrogens with zero attached hydrogens (tertiary/aromatic N) is 2. The van der Waals surface area contributed by atoms with Gasteiger partial charge in [-0.1, -0.05) is 24.3 Å². The van der Waals surface area contributed by atoms with Crippen molar-refractivity contribution in [3.05, 3.63) is 54.1 Å². The largest absolute Gasteiger partial charge is 0.497 e. The topological polar surface area (TPSA) is 54.0 Å². The molecule has 28 heavy (non-hydrogen) atoms. The van der Waals surface area contributed by atoms with E-state index in [9.17, 15) is 4.79 Å². The molecule has 148 valence electrons. The van der Waals surface area contributed by atoms with E-state index in [1.54, 1.807) is 14.2 Å². The van der Waals surface area contributed by atoms with Gasteiger partial charge in [0.2, 0.25) is 0 Å². The van der Waals surface area contributed by atoms with Crippen molar-refractivity contribution >= 4 is 11.7 Å². The lowest BCUT2D eigenvalue weighted by molar-refractivity contribution is 0.188. The van der Waals surface area contributed by atoms with Gasteiger partial charge in [-0.2, -0.15) is 0 Å². The van der Waals surface area contributed by atoms with Gasteiger partial charge in [0.05, 0.1) is 25.4 Å². The fraction of sp³-hybridized carbons (Fsp3) is 0.409. The van der Waals surface area contributed by atoms with Crippen LogP contribution in [0.4, 0.5) is 10.5 Å². The lowest BCUT2D eigenvalue weighted by Crippen LogP contribution is -2.53. The molecule has 0 spiro atoms. The second kappa shape index (κ2) is 7.62. The van der Waals surface area contributed by atoms with Gasteiger partial charge in [0.15, 0.2) is 0 Å². The summed E-state index contributed by atoms with van der Waals surface area (Å²) >= 11 is 0. The number of amides is 2. The standard InChI is InChI=1S/C22H27N3O3/c1-27-18-9-7-17(8-10-18)22(11-12-22)23-21(26)25-15-13-24(14-16-25)19-5-3-4-6-20(19)28-2/h3-10H,11-16H2,1-2H3,(H,23,26). The first-order valence-electron chi connectivity index (χ1n) is 9.75. The summed E-state index contributed by atoms with van der Waals surface area (Å²) in [5.74, 6) is 1.70. The number of carbonyl (C=O) groups is 1. The molecule has 1 saturated heterocycles. The molecule has 6 heteroatoms. The van der Waals surface area contributed by atoms with Crippen LogP contribution in [0.2, 0.25) is 0 Å². The Balaban J connectivity index is 1.36. The summed E-state index contributed by atoms with van der Waals surface area (Å²) in [6.07, 6.45) is 1.96. The number of anilines is 1. The van der Waals surface area contributed by atoms with Crippen molar-refractivity contribution in [2.24, 2.45) is 0 Å². The molecule has 2 aromatic rings. The van der Waals surface area contributed by atoms with Gasteiger partial charge in [-0.3, -0.25) is 0 Å². The number of hydrogen-bond donors (Lipinski definition) is 1. The summed E-state index contributed by atoms with van der Waals surface area (Å²) in [6, 6.07) is 16.0. The smallest absolute Gasteiger partial charge is 0.318 e. The van der Waals surface area contributed by atoms with E-state index in [0.29, 0.717) is 13.1 Å². The van der Waals surface area contributed by atoms with Gasteiger partial charge in [-0.25, -0.2) is 4.79 Å². The van der Waals surface area contributed by atoms with Crippen molar-refractivity contribution in [2.45, 2.75) is 18.4 Å². The van der Waals surface area contributed by atoms with E-state index in [1.165, 1.54) is 0 Å². The molecule has 0 atom stereocenters. The normalized spacial score (nSPS) is 17.8. The second-order valence-electron chi connectivity index (χ2n) is 7.39. The molecule has 0 aromatic heterocycles. The molecule has 1 aliphatic carbocycles. The van der Waals surface area contributed by atoms with Crippen LogP contribution in [0.3, 0.4) is 0 Å². The molecule has 1 saturated carbocycles. The molecule has 2 amide bonds. The second-order valence-corrected chi connectivity index (χ2v) is 7.39. The molecule has 1 N–H and O–H groups in total. The van der Waals surface area contributed by atoms with Crippen molar-refractivity contribution in [3.8, 4) is 11.5 Å². The highest BCUT2D eigenvalue weighted by atomic mass is 16.5. The molecule has 2 aromatic carbocycles. The lowest BCUT2D eigenvalue weighted by atomic mass is 10.0. The fourth-order valence-corrected chi connectivity index (χ4v) is 3.85. The zero-order chi connectivity index (χ0) is 19.6. The van der Waals surface area contributed by atoms with Crippen LogP contribution in [0.1, 0.15) is 18.4 Å². The Morgan fingerprint density at radius 1 is 0.929 bits per heavy atom. The first kappa shape index (κ1) is 18.5. The van der Waals surface area contributed by atoms with Gasteiger partial charge in [0.1, 0.15) is 11.5 Å². The van der Waals surface area contributed by atoms with Gasteiger partial charge >= 0.3 is 6.03 Å². The van der Waals surface area contributed by atoms with E-state index in [4.69, 9.17) is 9.47 Å². The number of urea groups is 1. The van der Waals surface area contributed by atoms with Crippen LogP contribution >= 0.6 is 0 Å². The number of ether oxygens (including phenoxy) is 2. The third-order valence-corrected chi connectivity index (χ3v) is 5.73. The predicted octanol–water partition coefficient (Wildman–Crippen LogP) is 3.22. The summed E-state index contributed by atoms with van der Waals surface area (Å²) < 4.78 is 10.7. The van der Waals surface area contributed by atoms with Gasteiger partial charge in [-0.05, 0) is 42.7 Å². The number of nitrogens with one attached hydrogen (secondary N) is 1. The highest BCUT2D eigenvalue weighted by molar-refractivity contribution is 5.76. The van der Waals surface area contributed by atoms with Crippen molar-refractivity contribution in [1.82, 2.24) is 10.2 Å². The third kappa shape index (κ3) is 3.59. The van der Waals surface area contributed by atoms with Gasteiger partial charge < -0.3 is 24.6 Å². The average molecular weight is 381 g/mol. The number of carbonyl (C=O) groups excluding carboxylic acids is 1. The van der Waals surface area contributed by atoms with E-state index < -0.39 is 0 Å². The van der Waals surface area contributed by atoms with Crippen LogP contribution in [0.5, 0.6) is 11.5 Å². The Labute approximate surface area is 166 Å². The molecule has 4 rings (SSSR count). The van der Waals surface area contributed by atoms with Crippen LogP contribution < -0.4 is 19.7 Å². The van der Waals surface area contributed by atoms with Gasteiger partial charge in [-0.15, -0.1) is 0 Å². The van der Waals surface area contributed by atoms with E-state index in [1.807, 2.05) is 47.4 Å². The molecule has 2 fully saturated rings. The molecule has 0 unspecified atom stereocenters. The number of rotatable bonds is 5. The highest BCUT2D eigenvalue weighted by Gasteiger charge is 2.46. The highest BCUT2D eigenvalue weighted by Crippen LogP contribution is 2.46. The molecule has 1 aliphatic heterocycles. The summed E-state index contributed by atoms with van der Waals surface area (Å²) in [5, 5.41) is 3.27. The van der Waals surface area contributed by atoms with E-state index in [-0.39, 0.29) is 11.6 Å². The SMILES string of the molecule is COc1ccc(C2(NC(=O)N3CCN(c4ccccc4OC)CC3)CC2)cc1. The van der Waals surface area contributed by atoms with Crippen LogP contribution in [0.25, 0.3) is 0 Å².